The van der Waals surface area contributed by atoms with Gasteiger partial charge in [0.05, 0.1) is 5.69 Å². The second-order valence-electron chi connectivity index (χ2n) is 3.04. The Labute approximate surface area is 94.3 Å². The molecule has 15 heavy (non-hydrogen) atoms. The van der Waals surface area contributed by atoms with E-state index < -0.39 is 0 Å². The first-order chi connectivity index (χ1) is 7.18. The number of aromatic nitrogens is 1. The van der Waals surface area contributed by atoms with Gasteiger partial charge >= 0.3 is 0 Å². The molecular formula is C11H7BrFNO. The predicted octanol–water partition coefficient (Wildman–Crippen LogP) is 3.15. The number of hydrogen-bond acceptors (Lipinski definition) is 1. The quantitative estimate of drug-likeness (QED) is 0.834. The summed E-state index contributed by atoms with van der Waals surface area (Å²) in [6.45, 7) is 0. The summed E-state index contributed by atoms with van der Waals surface area (Å²) in [6, 6.07) is 7.42. The van der Waals surface area contributed by atoms with Crippen molar-refractivity contribution < 1.29 is 9.18 Å². The Hall–Kier alpha value is -1.42. The lowest BCUT2D eigenvalue weighted by molar-refractivity contribution is 0.103. The number of ketones is 1. The van der Waals surface area contributed by atoms with Crippen LogP contribution in [0.2, 0.25) is 0 Å². The van der Waals surface area contributed by atoms with Gasteiger partial charge in [-0.1, -0.05) is 0 Å². The van der Waals surface area contributed by atoms with Crippen molar-refractivity contribution in [3.8, 4) is 0 Å². The number of H-pyrrole nitrogens is 1. The third kappa shape index (κ3) is 1.99. The van der Waals surface area contributed by atoms with Crippen molar-refractivity contribution in [3.05, 3.63) is 58.1 Å². The van der Waals surface area contributed by atoms with Gasteiger partial charge in [-0.3, -0.25) is 4.79 Å². The summed E-state index contributed by atoms with van der Waals surface area (Å²) < 4.78 is 13.3. The molecule has 0 unspecified atom stereocenters. The first-order valence-corrected chi connectivity index (χ1v) is 5.11. The van der Waals surface area contributed by atoms with Crippen molar-refractivity contribution in [2.45, 2.75) is 0 Å². The average molecular weight is 268 g/mol. The van der Waals surface area contributed by atoms with E-state index in [1.807, 2.05) is 0 Å². The molecule has 0 aliphatic carbocycles. The topological polar surface area (TPSA) is 32.9 Å². The summed E-state index contributed by atoms with van der Waals surface area (Å²) in [5.41, 5.74) is 0.932. The molecule has 0 aliphatic rings. The van der Waals surface area contributed by atoms with Crippen LogP contribution >= 0.6 is 15.9 Å². The molecule has 0 saturated heterocycles. The molecule has 1 heterocycles. The molecule has 2 rings (SSSR count). The highest BCUT2D eigenvalue weighted by Gasteiger charge is 2.13. The lowest BCUT2D eigenvalue weighted by atomic mass is 10.1. The standard InChI is InChI=1S/C11H7BrFNO/c12-9-6-7(13)3-4-8(9)11(15)10-2-1-5-14-10/h1-6,14H. The molecule has 0 atom stereocenters. The minimum absolute atomic E-state index is 0.160. The molecule has 0 amide bonds. The van der Waals surface area contributed by atoms with Crippen molar-refractivity contribution in [2.75, 3.05) is 0 Å². The number of aromatic amines is 1. The van der Waals surface area contributed by atoms with Gasteiger partial charge in [-0.25, -0.2) is 4.39 Å². The summed E-state index contributed by atoms with van der Waals surface area (Å²) in [6.07, 6.45) is 1.67. The van der Waals surface area contributed by atoms with Crippen LogP contribution in [0.5, 0.6) is 0 Å². The van der Waals surface area contributed by atoms with E-state index in [-0.39, 0.29) is 11.6 Å². The molecule has 1 aromatic heterocycles. The molecule has 0 saturated carbocycles. The summed E-state index contributed by atoms with van der Waals surface area (Å²) in [7, 11) is 0. The Bertz CT molecular complexity index is 493. The van der Waals surface area contributed by atoms with Gasteiger partial charge in [-0.2, -0.15) is 0 Å². The van der Waals surface area contributed by atoms with Crippen molar-refractivity contribution in [3.63, 3.8) is 0 Å². The Morgan fingerprint density at radius 3 is 2.73 bits per heavy atom. The van der Waals surface area contributed by atoms with Gasteiger partial charge in [0, 0.05) is 16.2 Å². The highest BCUT2D eigenvalue weighted by molar-refractivity contribution is 9.10. The van der Waals surface area contributed by atoms with Gasteiger partial charge in [0.2, 0.25) is 5.78 Å². The third-order valence-corrected chi connectivity index (χ3v) is 2.67. The molecule has 0 aliphatic heterocycles. The number of carbonyl (C=O) groups excluding carboxylic acids is 1. The first kappa shape index (κ1) is 10.1. The second-order valence-corrected chi connectivity index (χ2v) is 3.89. The van der Waals surface area contributed by atoms with Crippen LogP contribution in [-0.4, -0.2) is 10.8 Å². The zero-order chi connectivity index (χ0) is 10.8. The summed E-state index contributed by atoms with van der Waals surface area (Å²) in [4.78, 5) is 14.7. The van der Waals surface area contributed by atoms with Crippen molar-refractivity contribution in [1.82, 2.24) is 4.98 Å². The van der Waals surface area contributed by atoms with Crippen LogP contribution in [0.15, 0.2) is 41.0 Å². The van der Waals surface area contributed by atoms with Crippen LogP contribution in [-0.2, 0) is 0 Å². The fourth-order valence-electron chi connectivity index (χ4n) is 1.29. The van der Waals surface area contributed by atoms with Crippen LogP contribution in [0, 0.1) is 5.82 Å². The Morgan fingerprint density at radius 2 is 2.13 bits per heavy atom. The molecule has 0 spiro atoms. The largest absolute Gasteiger partial charge is 0.359 e. The van der Waals surface area contributed by atoms with Crippen LogP contribution in [0.1, 0.15) is 16.1 Å². The Morgan fingerprint density at radius 1 is 1.33 bits per heavy atom. The van der Waals surface area contributed by atoms with E-state index in [2.05, 4.69) is 20.9 Å². The van der Waals surface area contributed by atoms with E-state index in [1.54, 1.807) is 18.3 Å². The Kier molecular flexibility index (Phi) is 2.68. The van der Waals surface area contributed by atoms with Crippen molar-refractivity contribution in [2.24, 2.45) is 0 Å². The summed E-state index contributed by atoms with van der Waals surface area (Å²) in [5, 5.41) is 0. The van der Waals surface area contributed by atoms with Crippen LogP contribution in [0.4, 0.5) is 4.39 Å². The van der Waals surface area contributed by atoms with E-state index in [0.717, 1.165) is 0 Å². The summed E-state index contributed by atoms with van der Waals surface area (Å²) >= 11 is 3.16. The average Bonchev–Trinajstić information content (AvgIpc) is 2.69. The fourth-order valence-corrected chi connectivity index (χ4v) is 1.82. The van der Waals surface area contributed by atoms with E-state index in [1.165, 1.54) is 18.2 Å². The molecular weight excluding hydrogens is 261 g/mol. The number of halogens is 2. The second kappa shape index (κ2) is 3.98. The SMILES string of the molecule is O=C(c1ccc[nH]1)c1ccc(F)cc1Br. The molecule has 1 aromatic carbocycles. The van der Waals surface area contributed by atoms with Gasteiger partial charge in [0.15, 0.2) is 0 Å². The van der Waals surface area contributed by atoms with E-state index >= 15 is 0 Å². The van der Waals surface area contributed by atoms with Gasteiger partial charge in [-0.05, 0) is 46.3 Å². The molecule has 76 valence electrons. The molecule has 0 fully saturated rings. The maximum atomic E-state index is 12.8. The number of nitrogens with one attached hydrogen (secondary N) is 1. The monoisotopic (exact) mass is 267 g/mol. The first-order valence-electron chi connectivity index (χ1n) is 4.31. The van der Waals surface area contributed by atoms with Crippen molar-refractivity contribution >= 4 is 21.7 Å². The zero-order valence-corrected chi connectivity index (χ0v) is 9.21. The van der Waals surface area contributed by atoms with Gasteiger partial charge in [-0.15, -0.1) is 0 Å². The minimum atomic E-state index is -0.370. The number of benzene rings is 1. The maximum absolute atomic E-state index is 12.8. The normalized spacial score (nSPS) is 10.3. The smallest absolute Gasteiger partial charge is 0.210 e. The Balaban J connectivity index is 2.42. The molecule has 1 N–H and O–H groups in total. The zero-order valence-electron chi connectivity index (χ0n) is 7.63. The number of hydrogen-bond donors (Lipinski definition) is 1. The van der Waals surface area contributed by atoms with Gasteiger partial charge in [0.25, 0.3) is 0 Å². The maximum Gasteiger partial charge on any atom is 0.210 e. The molecule has 2 nitrogen and oxygen atoms in total. The predicted molar refractivity (Wildman–Crippen MR) is 58.3 cm³/mol. The van der Waals surface area contributed by atoms with Crippen LogP contribution in [0.3, 0.4) is 0 Å². The lowest BCUT2D eigenvalue weighted by Gasteiger charge is -2.01. The molecule has 2 aromatic rings. The van der Waals surface area contributed by atoms with Gasteiger partial charge in [0.1, 0.15) is 5.82 Å². The van der Waals surface area contributed by atoms with E-state index in [4.69, 9.17) is 0 Å². The summed E-state index contributed by atoms with van der Waals surface area (Å²) in [5.74, 6) is -0.531. The van der Waals surface area contributed by atoms with Crippen LogP contribution < -0.4 is 0 Å². The van der Waals surface area contributed by atoms with Gasteiger partial charge < -0.3 is 4.98 Å². The third-order valence-electron chi connectivity index (χ3n) is 2.02. The minimum Gasteiger partial charge on any atom is -0.359 e. The fraction of sp³-hybridized carbons (Fsp3) is 0. The highest BCUT2D eigenvalue weighted by atomic mass is 79.9. The molecule has 4 heteroatoms. The number of carbonyl (C=O) groups is 1. The van der Waals surface area contributed by atoms with Crippen molar-refractivity contribution in [1.29, 1.82) is 0 Å². The van der Waals surface area contributed by atoms with E-state index in [0.29, 0.717) is 15.7 Å². The van der Waals surface area contributed by atoms with Crippen LogP contribution in [0.25, 0.3) is 0 Å². The molecule has 0 radical (unpaired) electrons. The lowest BCUT2D eigenvalue weighted by Crippen LogP contribution is -2.02. The number of rotatable bonds is 2. The highest BCUT2D eigenvalue weighted by Crippen LogP contribution is 2.20. The van der Waals surface area contributed by atoms with E-state index in [9.17, 15) is 9.18 Å². The molecule has 0 bridgehead atoms.